The molecule has 2 aromatic carbocycles. The van der Waals surface area contributed by atoms with Gasteiger partial charge in [0.15, 0.2) is 5.75 Å². The van der Waals surface area contributed by atoms with E-state index in [1.54, 1.807) is 12.1 Å². The van der Waals surface area contributed by atoms with E-state index in [2.05, 4.69) is 24.4 Å². The molecule has 0 bridgehead atoms. The summed E-state index contributed by atoms with van der Waals surface area (Å²) in [5.74, 6) is -0.0741. The topological polar surface area (TPSA) is 32.3 Å². The van der Waals surface area contributed by atoms with Gasteiger partial charge < -0.3 is 10.4 Å². The van der Waals surface area contributed by atoms with Crippen molar-refractivity contribution in [2.75, 3.05) is 5.32 Å². The van der Waals surface area contributed by atoms with Crippen molar-refractivity contribution in [3.8, 4) is 5.75 Å². The lowest BCUT2D eigenvalue weighted by Gasteiger charge is -2.19. The van der Waals surface area contributed by atoms with Crippen LogP contribution >= 0.6 is 23.2 Å². The molecule has 0 radical (unpaired) electrons. The van der Waals surface area contributed by atoms with E-state index in [1.165, 1.54) is 5.56 Å². The summed E-state index contributed by atoms with van der Waals surface area (Å²) in [6.07, 6.45) is 1.90. The van der Waals surface area contributed by atoms with Gasteiger partial charge >= 0.3 is 0 Å². The van der Waals surface area contributed by atoms with Crippen molar-refractivity contribution in [1.82, 2.24) is 0 Å². The first kappa shape index (κ1) is 15.0. The van der Waals surface area contributed by atoms with Crippen molar-refractivity contribution in [3.05, 3.63) is 58.1 Å². The third-order valence-electron chi connectivity index (χ3n) is 3.21. The van der Waals surface area contributed by atoms with Crippen LogP contribution in [-0.4, -0.2) is 11.1 Å². The predicted molar refractivity (Wildman–Crippen MR) is 86.0 cm³/mol. The number of phenols is 1. The molecule has 1 atom stereocenters. The summed E-state index contributed by atoms with van der Waals surface area (Å²) in [5.41, 5.74) is 2.10. The maximum absolute atomic E-state index is 9.57. The summed E-state index contributed by atoms with van der Waals surface area (Å²) in [5, 5.41) is 13.5. The van der Waals surface area contributed by atoms with E-state index in [-0.39, 0.29) is 21.8 Å². The van der Waals surface area contributed by atoms with Crippen molar-refractivity contribution in [1.29, 1.82) is 0 Å². The highest BCUT2D eigenvalue weighted by molar-refractivity contribution is 6.37. The molecule has 0 aromatic heterocycles. The molecule has 20 heavy (non-hydrogen) atoms. The molecule has 2 aromatic rings. The molecule has 0 fully saturated rings. The molecule has 0 saturated carbocycles. The molecule has 0 aliphatic carbocycles. The predicted octanol–water partition coefficient (Wildman–Crippen LogP) is 5.13. The van der Waals surface area contributed by atoms with E-state index in [1.807, 2.05) is 18.2 Å². The standard InChI is InChI=1S/C16H17Cl2NO/c1-2-12(8-11-6-4-3-5-7-11)19-13-9-14(17)16(20)15(18)10-13/h3-7,9-10,12,19-20H,2,8H2,1H3. The largest absolute Gasteiger partial charge is 0.505 e. The fourth-order valence-electron chi connectivity index (χ4n) is 2.08. The monoisotopic (exact) mass is 309 g/mol. The first-order valence-electron chi connectivity index (χ1n) is 6.58. The Kier molecular flexibility index (Phi) is 5.16. The minimum Gasteiger partial charge on any atom is -0.505 e. The Balaban J connectivity index is 2.10. The van der Waals surface area contributed by atoms with Crippen molar-refractivity contribution in [3.63, 3.8) is 0 Å². The fraction of sp³-hybridized carbons (Fsp3) is 0.250. The Labute approximate surface area is 129 Å². The molecule has 0 spiro atoms. The molecular weight excluding hydrogens is 293 g/mol. The highest BCUT2D eigenvalue weighted by Crippen LogP contribution is 2.35. The zero-order valence-electron chi connectivity index (χ0n) is 11.2. The zero-order chi connectivity index (χ0) is 14.5. The van der Waals surface area contributed by atoms with Gasteiger partial charge in [-0.1, -0.05) is 60.5 Å². The van der Waals surface area contributed by atoms with Crippen LogP contribution in [0.2, 0.25) is 10.0 Å². The van der Waals surface area contributed by atoms with E-state index in [0.717, 1.165) is 18.5 Å². The first-order chi connectivity index (χ1) is 9.60. The van der Waals surface area contributed by atoms with E-state index in [9.17, 15) is 5.11 Å². The average Bonchev–Trinajstić information content (AvgIpc) is 2.45. The number of anilines is 1. The molecule has 0 aliphatic rings. The minimum atomic E-state index is -0.0741. The molecule has 2 nitrogen and oxygen atoms in total. The van der Waals surface area contributed by atoms with Crippen LogP contribution < -0.4 is 5.32 Å². The summed E-state index contributed by atoms with van der Waals surface area (Å²) >= 11 is 11.9. The minimum absolute atomic E-state index is 0.0741. The molecule has 2 rings (SSSR count). The summed E-state index contributed by atoms with van der Waals surface area (Å²) in [7, 11) is 0. The van der Waals surface area contributed by atoms with Gasteiger partial charge in [-0.15, -0.1) is 0 Å². The Morgan fingerprint density at radius 2 is 1.70 bits per heavy atom. The van der Waals surface area contributed by atoms with Crippen LogP contribution in [0, 0.1) is 0 Å². The Hall–Kier alpha value is -1.38. The lowest BCUT2D eigenvalue weighted by Crippen LogP contribution is -2.21. The second kappa shape index (κ2) is 6.87. The number of nitrogens with one attached hydrogen (secondary N) is 1. The quantitative estimate of drug-likeness (QED) is 0.750. The highest BCUT2D eigenvalue weighted by atomic mass is 35.5. The van der Waals surface area contributed by atoms with Gasteiger partial charge in [-0.3, -0.25) is 0 Å². The third kappa shape index (κ3) is 3.81. The summed E-state index contributed by atoms with van der Waals surface area (Å²) in [4.78, 5) is 0. The van der Waals surface area contributed by atoms with Crippen LogP contribution in [-0.2, 0) is 6.42 Å². The number of hydrogen-bond donors (Lipinski definition) is 2. The fourth-order valence-corrected chi connectivity index (χ4v) is 2.57. The van der Waals surface area contributed by atoms with E-state index in [4.69, 9.17) is 23.2 Å². The molecule has 4 heteroatoms. The maximum atomic E-state index is 9.57. The van der Waals surface area contributed by atoms with Gasteiger partial charge in [-0.25, -0.2) is 0 Å². The Bertz CT molecular complexity index is 549. The number of phenolic OH excluding ortho intramolecular Hbond substituents is 1. The lowest BCUT2D eigenvalue weighted by atomic mass is 10.0. The first-order valence-corrected chi connectivity index (χ1v) is 7.34. The number of aromatic hydroxyl groups is 1. The molecule has 2 N–H and O–H groups in total. The third-order valence-corrected chi connectivity index (χ3v) is 3.78. The van der Waals surface area contributed by atoms with Gasteiger partial charge in [0, 0.05) is 11.7 Å². The van der Waals surface area contributed by atoms with Gasteiger partial charge in [0.25, 0.3) is 0 Å². The molecule has 0 aliphatic heterocycles. The summed E-state index contributed by atoms with van der Waals surface area (Å²) in [6.45, 7) is 2.13. The molecule has 0 saturated heterocycles. The van der Waals surface area contributed by atoms with Crippen LogP contribution in [0.4, 0.5) is 5.69 Å². The second-order valence-corrected chi connectivity index (χ2v) is 5.54. The lowest BCUT2D eigenvalue weighted by molar-refractivity contribution is 0.476. The van der Waals surface area contributed by atoms with E-state index >= 15 is 0 Å². The van der Waals surface area contributed by atoms with Gasteiger partial charge in [0.1, 0.15) is 0 Å². The SMILES string of the molecule is CCC(Cc1ccccc1)Nc1cc(Cl)c(O)c(Cl)c1. The smallest absolute Gasteiger partial charge is 0.152 e. The van der Waals surface area contributed by atoms with Gasteiger partial charge in [-0.05, 0) is 30.5 Å². The second-order valence-electron chi connectivity index (χ2n) is 4.73. The van der Waals surface area contributed by atoms with Crippen molar-refractivity contribution in [2.24, 2.45) is 0 Å². The van der Waals surface area contributed by atoms with Gasteiger partial charge in [0.05, 0.1) is 10.0 Å². The maximum Gasteiger partial charge on any atom is 0.152 e. The van der Waals surface area contributed by atoms with Gasteiger partial charge in [-0.2, -0.15) is 0 Å². The number of rotatable bonds is 5. The molecule has 0 heterocycles. The molecule has 106 valence electrons. The van der Waals surface area contributed by atoms with Crippen LogP contribution in [0.5, 0.6) is 5.75 Å². The zero-order valence-corrected chi connectivity index (χ0v) is 12.7. The Morgan fingerprint density at radius 1 is 1.10 bits per heavy atom. The molecular formula is C16H17Cl2NO. The van der Waals surface area contributed by atoms with E-state index < -0.39 is 0 Å². The average molecular weight is 310 g/mol. The van der Waals surface area contributed by atoms with Crippen LogP contribution in [0.15, 0.2) is 42.5 Å². The molecule has 0 amide bonds. The normalized spacial score (nSPS) is 12.2. The van der Waals surface area contributed by atoms with Gasteiger partial charge in [0.2, 0.25) is 0 Å². The van der Waals surface area contributed by atoms with Crippen LogP contribution in [0.1, 0.15) is 18.9 Å². The van der Waals surface area contributed by atoms with Crippen LogP contribution in [0.3, 0.4) is 0 Å². The number of benzene rings is 2. The van der Waals surface area contributed by atoms with Crippen molar-refractivity contribution in [2.45, 2.75) is 25.8 Å². The Morgan fingerprint density at radius 3 is 2.25 bits per heavy atom. The summed E-state index contributed by atoms with van der Waals surface area (Å²) in [6, 6.07) is 14.0. The van der Waals surface area contributed by atoms with Crippen molar-refractivity contribution < 1.29 is 5.11 Å². The summed E-state index contributed by atoms with van der Waals surface area (Å²) < 4.78 is 0. The molecule has 1 unspecified atom stereocenters. The van der Waals surface area contributed by atoms with E-state index in [0.29, 0.717) is 0 Å². The number of hydrogen-bond acceptors (Lipinski definition) is 2. The highest BCUT2D eigenvalue weighted by Gasteiger charge is 2.11. The van der Waals surface area contributed by atoms with Crippen LogP contribution in [0.25, 0.3) is 0 Å². The number of halogens is 2. The van der Waals surface area contributed by atoms with Crippen molar-refractivity contribution >= 4 is 28.9 Å².